The SMILES string of the molecule is O=[C-]c1cc(Cl)ccc1N=[C-]SC(C(=O)O)c1ccccc1.[CH2-]C.[Li+]. The molecule has 0 radical (unpaired) electrons. The number of carbonyl (C=O) groups excluding carboxylic acids is 1. The largest absolute Gasteiger partial charge is 1.00 e. The molecule has 1 unspecified atom stereocenters. The van der Waals surface area contributed by atoms with Crippen LogP contribution in [0.1, 0.15) is 23.3 Å². The maximum atomic E-state index is 11.3. The summed E-state index contributed by atoms with van der Waals surface area (Å²) in [6.45, 7) is 5.00. The van der Waals surface area contributed by atoms with Gasteiger partial charge in [0.15, 0.2) is 0 Å². The van der Waals surface area contributed by atoms with Gasteiger partial charge >= 0.3 is 24.8 Å². The third kappa shape index (κ3) is 7.49. The monoisotopic (exact) mass is 367 g/mol. The summed E-state index contributed by atoms with van der Waals surface area (Å²) in [7, 11) is 0. The molecule has 0 amide bonds. The van der Waals surface area contributed by atoms with Crippen molar-refractivity contribution in [2.75, 3.05) is 0 Å². The van der Waals surface area contributed by atoms with Crippen LogP contribution in [0.15, 0.2) is 53.5 Å². The molecule has 25 heavy (non-hydrogen) atoms. The molecule has 7 heteroatoms. The number of aliphatic carboxylic acids is 1. The van der Waals surface area contributed by atoms with Crippen LogP contribution in [0.4, 0.5) is 5.69 Å². The van der Waals surface area contributed by atoms with Crippen LogP contribution >= 0.6 is 23.4 Å². The first-order chi connectivity index (χ1) is 11.6. The number of halogens is 1. The van der Waals surface area contributed by atoms with Crippen LogP contribution in [0.3, 0.4) is 0 Å². The molecule has 0 saturated carbocycles. The average molecular weight is 368 g/mol. The van der Waals surface area contributed by atoms with E-state index in [9.17, 15) is 14.7 Å². The minimum Gasteiger partial charge on any atom is -0.480 e. The Bertz CT molecular complexity index is 711. The average Bonchev–Trinajstić information content (AvgIpc) is 2.61. The van der Waals surface area contributed by atoms with Gasteiger partial charge in [0.05, 0.1) is 6.29 Å². The number of rotatable bonds is 6. The first kappa shape index (κ1) is 23.5. The molecule has 4 nitrogen and oxygen atoms in total. The first-order valence-corrected chi connectivity index (χ1v) is 8.15. The Morgan fingerprint density at radius 1 is 1.24 bits per heavy atom. The summed E-state index contributed by atoms with van der Waals surface area (Å²) < 4.78 is 0. The molecule has 0 aromatic heterocycles. The maximum Gasteiger partial charge on any atom is 1.00 e. The summed E-state index contributed by atoms with van der Waals surface area (Å²) in [6.07, 6.45) is 1.74. The van der Waals surface area contributed by atoms with Gasteiger partial charge in [0, 0.05) is 0 Å². The predicted molar refractivity (Wildman–Crippen MR) is 98.8 cm³/mol. The zero-order valence-electron chi connectivity index (χ0n) is 13.9. The van der Waals surface area contributed by atoms with Gasteiger partial charge in [0.25, 0.3) is 0 Å². The first-order valence-electron chi connectivity index (χ1n) is 6.89. The summed E-state index contributed by atoms with van der Waals surface area (Å²) in [5.74, 6) is -0.989. The Labute approximate surface area is 168 Å². The Hall–Kier alpha value is -1.51. The fourth-order valence-corrected chi connectivity index (χ4v) is 2.53. The minimum atomic E-state index is -0.989. The van der Waals surface area contributed by atoms with Crippen LogP contribution in [0.2, 0.25) is 5.02 Å². The van der Waals surface area contributed by atoms with Gasteiger partial charge in [-0.3, -0.25) is 4.79 Å². The third-order valence-electron chi connectivity index (χ3n) is 2.73. The number of carboxylic acids is 1. The van der Waals surface area contributed by atoms with Gasteiger partial charge in [0.1, 0.15) is 5.25 Å². The van der Waals surface area contributed by atoms with E-state index in [2.05, 4.69) is 17.5 Å². The fraction of sp³-hybridized carbons (Fsp3) is 0.111. The molecule has 126 valence electrons. The van der Waals surface area contributed by atoms with E-state index < -0.39 is 11.2 Å². The summed E-state index contributed by atoms with van der Waals surface area (Å²) in [4.78, 5) is 26.2. The van der Waals surface area contributed by atoms with E-state index in [-0.39, 0.29) is 24.4 Å². The number of benzene rings is 2. The number of thioether (sulfide) groups is 1. The Kier molecular flexibility index (Phi) is 12.0. The van der Waals surface area contributed by atoms with Gasteiger partial charge in [-0.15, -0.1) is 23.4 Å². The van der Waals surface area contributed by atoms with Crippen molar-refractivity contribution in [2.24, 2.45) is 4.99 Å². The molecule has 0 aliphatic rings. The quantitative estimate of drug-likeness (QED) is 0.365. The molecule has 0 heterocycles. The molecular weight excluding hydrogens is 353 g/mol. The van der Waals surface area contributed by atoms with Gasteiger partial charge in [-0.25, -0.2) is 11.8 Å². The maximum absolute atomic E-state index is 11.3. The van der Waals surface area contributed by atoms with Crippen LogP contribution in [0.5, 0.6) is 0 Å². The van der Waals surface area contributed by atoms with Gasteiger partial charge < -0.3 is 21.8 Å². The Morgan fingerprint density at radius 3 is 2.44 bits per heavy atom. The molecular formula is C18H15ClLiNO3S-2. The van der Waals surface area contributed by atoms with Crippen molar-refractivity contribution < 1.29 is 33.6 Å². The number of carboxylic acid groups (broad SMARTS) is 1. The summed E-state index contributed by atoms with van der Waals surface area (Å²) in [5.41, 5.74) is 3.79. The van der Waals surface area contributed by atoms with Gasteiger partial charge in [0.2, 0.25) is 0 Å². The zero-order valence-corrected chi connectivity index (χ0v) is 15.5. The van der Waals surface area contributed by atoms with E-state index >= 15 is 0 Å². The number of carbonyl (C=O) groups is 1. The molecule has 2 aromatic rings. The second-order valence-corrected chi connectivity index (χ2v) is 5.54. The Balaban J connectivity index is 0.00000185. The minimum absolute atomic E-state index is 0. The predicted octanol–water partition coefficient (Wildman–Crippen LogP) is 1.74. The van der Waals surface area contributed by atoms with Crippen LogP contribution in [-0.2, 0) is 9.59 Å². The van der Waals surface area contributed by atoms with Gasteiger partial charge in [-0.2, -0.15) is 12.5 Å². The van der Waals surface area contributed by atoms with Crippen molar-refractivity contribution in [3.8, 4) is 0 Å². The molecule has 0 spiro atoms. The number of aliphatic imine (C=N–C) groups is 1. The smallest absolute Gasteiger partial charge is 0.480 e. The van der Waals surface area contributed by atoms with E-state index in [1.54, 1.807) is 49.6 Å². The molecule has 0 saturated heterocycles. The normalized spacial score (nSPS) is 11.0. The van der Waals surface area contributed by atoms with Crippen molar-refractivity contribution in [2.45, 2.75) is 12.2 Å². The van der Waals surface area contributed by atoms with E-state index in [1.165, 1.54) is 6.07 Å². The molecule has 1 atom stereocenters. The van der Waals surface area contributed by atoms with E-state index in [0.29, 0.717) is 16.3 Å². The second kappa shape index (κ2) is 12.8. The number of hydrogen-bond acceptors (Lipinski definition) is 4. The molecule has 0 aliphatic carbocycles. The van der Waals surface area contributed by atoms with Crippen molar-refractivity contribution >= 4 is 46.9 Å². The third-order valence-corrected chi connectivity index (χ3v) is 3.87. The van der Waals surface area contributed by atoms with Crippen molar-refractivity contribution in [3.05, 3.63) is 71.6 Å². The number of hydrogen-bond donors (Lipinski definition) is 1. The van der Waals surface area contributed by atoms with Gasteiger partial charge in [-0.05, 0) is 10.6 Å². The van der Waals surface area contributed by atoms with Crippen molar-refractivity contribution in [3.63, 3.8) is 0 Å². The van der Waals surface area contributed by atoms with Crippen molar-refractivity contribution in [1.82, 2.24) is 0 Å². The molecule has 1 N–H and O–H groups in total. The molecule has 2 aromatic carbocycles. The molecule has 0 fully saturated rings. The van der Waals surface area contributed by atoms with Crippen LogP contribution in [0.25, 0.3) is 0 Å². The second-order valence-electron chi connectivity index (χ2n) is 4.21. The van der Waals surface area contributed by atoms with Gasteiger partial charge in [-0.1, -0.05) is 48.0 Å². The van der Waals surface area contributed by atoms with E-state index in [1.807, 2.05) is 6.07 Å². The zero-order chi connectivity index (χ0) is 17.9. The molecule has 2 rings (SSSR count). The molecule has 0 aliphatic heterocycles. The summed E-state index contributed by atoms with van der Waals surface area (Å²) in [6, 6.07) is 13.4. The van der Waals surface area contributed by atoms with Crippen LogP contribution in [0, 0.1) is 6.92 Å². The topological polar surface area (TPSA) is 66.7 Å². The van der Waals surface area contributed by atoms with Crippen molar-refractivity contribution in [1.29, 1.82) is 0 Å². The molecule has 0 bridgehead atoms. The number of nitrogens with zero attached hydrogens (tertiary/aromatic N) is 1. The Morgan fingerprint density at radius 2 is 1.88 bits per heavy atom. The van der Waals surface area contributed by atoms with E-state index in [4.69, 9.17) is 11.6 Å². The standard InChI is InChI=1S/C16H10ClNO3S.C2H5.Li/c17-13-6-7-14(12(8-13)9-19)18-10-22-15(16(20)21)11-4-2-1-3-5-11;1-2;/h1-8,15H,(H,20,21);1H2,2H3;/q-2;-1;+1. The summed E-state index contributed by atoms with van der Waals surface area (Å²) in [5, 5.41) is 8.86. The fourth-order valence-electron chi connectivity index (χ4n) is 1.70. The van der Waals surface area contributed by atoms with Crippen LogP contribution in [-0.4, -0.2) is 22.9 Å². The van der Waals surface area contributed by atoms with Crippen LogP contribution < -0.4 is 18.9 Å². The summed E-state index contributed by atoms with van der Waals surface area (Å²) >= 11 is 6.70. The van der Waals surface area contributed by atoms with E-state index in [0.717, 1.165) is 11.8 Å².